The first kappa shape index (κ1) is 19.0. The molecule has 1 aromatic rings. The largest absolute Gasteiger partial charge is 0.489 e. The number of benzene rings is 1. The molecule has 0 aliphatic carbocycles. The zero-order valence-corrected chi connectivity index (χ0v) is 15.0. The van der Waals surface area contributed by atoms with Crippen LogP contribution >= 0.6 is 0 Å². The highest BCUT2D eigenvalue weighted by Gasteiger charge is 2.27. The molecule has 1 aliphatic rings. The molecule has 1 aromatic carbocycles. The molecule has 1 fully saturated rings. The van der Waals surface area contributed by atoms with Gasteiger partial charge in [0.25, 0.3) is 0 Å². The smallest absolute Gasteiger partial charge is 0.308 e. The summed E-state index contributed by atoms with van der Waals surface area (Å²) >= 11 is 0. The summed E-state index contributed by atoms with van der Waals surface area (Å²) in [5.41, 5.74) is 0. The Balaban J connectivity index is 1.78. The summed E-state index contributed by atoms with van der Waals surface area (Å²) in [6.45, 7) is 4.02. The molecule has 1 aliphatic heterocycles. The summed E-state index contributed by atoms with van der Waals surface area (Å²) < 4.78 is 23.5. The number of hydrogen-bond acceptors (Lipinski definition) is 4. The van der Waals surface area contributed by atoms with Gasteiger partial charge >= 0.3 is 5.97 Å². The van der Waals surface area contributed by atoms with Crippen molar-refractivity contribution in [3.8, 4) is 5.75 Å². The van der Waals surface area contributed by atoms with Crippen LogP contribution in [0.3, 0.4) is 0 Å². The maximum atomic E-state index is 12.9. The second-order valence-corrected chi connectivity index (χ2v) is 6.09. The van der Waals surface area contributed by atoms with Gasteiger partial charge in [0, 0.05) is 20.1 Å². The number of methoxy groups -OCH3 is 1. The van der Waals surface area contributed by atoms with E-state index >= 15 is 0 Å². The molecule has 0 amide bonds. The average molecular weight is 351 g/mol. The van der Waals surface area contributed by atoms with Gasteiger partial charge in [0.1, 0.15) is 17.7 Å². The normalized spacial score (nSPS) is 17.1. The molecule has 0 bridgehead atoms. The monoisotopic (exact) mass is 351 g/mol. The van der Waals surface area contributed by atoms with E-state index in [1.54, 1.807) is 19.2 Å². The number of hydrogen-bond donors (Lipinski definition) is 1. The van der Waals surface area contributed by atoms with Crippen LogP contribution in [0.5, 0.6) is 5.75 Å². The van der Waals surface area contributed by atoms with Gasteiger partial charge in [-0.05, 0) is 44.0 Å². The van der Waals surface area contributed by atoms with Crippen LogP contribution in [0, 0.1) is 11.7 Å². The van der Waals surface area contributed by atoms with Crippen LogP contribution in [0.1, 0.15) is 19.8 Å². The highest BCUT2D eigenvalue weighted by molar-refractivity contribution is 5.80. The Labute approximate surface area is 148 Å². The molecule has 6 nitrogen and oxygen atoms in total. The minimum Gasteiger partial charge on any atom is -0.489 e. The molecular weight excluding hydrogens is 325 g/mol. The number of carbonyl (C=O) groups excluding carboxylic acids is 1. The minimum absolute atomic E-state index is 0.0277. The maximum absolute atomic E-state index is 12.9. The van der Waals surface area contributed by atoms with Gasteiger partial charge < -0.3 is 19.7 Å². The van der Waals surface area contributed by atoms with Crippen molar-refractivity contribution in [2.24, 2.45) is 10.9 Å². The van der Waals surface area contributed by atoms with Gasteiger partial charge in [-0.15, -0.1) is 0 Å². The lowest BCUT2D eigenvalue weighted by Gasteiger charge is -2.33. The van der Waals surface area contributed by atoms with Gasteiger partial charge in [-0.2, -0.15) is 0 Å². The van der Waals surface area contributed by atoms with Gasteiger partial charge in [-0.3, -0.25) is 9.79 Å². The number of halogens is 1. The van der Waals surface area contributed by atoms with Crippen LogP contribution < -0.4 is 10.1 Å². The Morgan fingerprint density at radius 3 is 2.56 bits per heavy atom. The number of carbonyl (C=O) groups is 1. The van der Waals surface area contributed by atoms with E-state index in [0.717, 1.165) is 31.9 Å². The van der Waals surface area contributed by atoms with Gasteiger partial charge in [0.05, 0.1) is 19.6 Å². The summed E-state index contributed by atoms with van der Waals surface area (Å²) in [6, 6.07) is 5.97. The fourth-order valence-corrected chi connectivity index (χ4v) is 2.85. The molecular formula is C18H26FN3O3. The van der Waals surface area contributed by atoms with Crippen molar-refractivity contribution in [1.82, 2.24) is 10.2 Å². The molecule has 1 saturated heterocycles. The molecule has 25 heavy (non-hydrogen) atoms. The Hall–Kier alpha value is -2.31. The van der Waals surface area contributed by atoms with Gasteiger partial charge in [0.2, 0.25) is 0 Å². The van der Waals surface area contributed by atoms with Crippen molar-refractivity contribution in [1.29, 1.82) is 0 Å². The second-order valence-electron chi connectivity index (χ2n) is 6.09. The molecule has 0 spiro atoms. The Bertz CT molecular complexity index is 584. The Morgan fingerprint density at radius 2 is 2.00 bits per heavy atom. The lowest BCUT2D eigenvalue weighted by atomic mass is 9.97. The predicted octanol–water partition coefficient (Wildman–Crippen LogP) is 2.05. The van der Waals surface area contributed by atoms with Crippen LogP contribution in [0.15, 0.2) is 29.3 Å². The summed E-state index contributed by atoms with van der Waals surface area (Å²) in [6.07, 6.45) is 1.42. The molecule has 7 heteroatoms. The second kappa shape index (κ2) is 9.25. The van der Waals surface area contributed by atoms with Crippen LogP contribution in [-0.2, 0) is 9.53 Å². The Kier molecular flexibility index (Phi) is 7.03. The van der Waals surface area contributed by atoms with Crippen LogP contribution in [-0.4, -0.2) is 56.7 Å². The zero-order valence-electron chi connectivity index (χ0n) is 15.0. The highest BCUT2D eigenvalue weighted by Crippen LogP contribution is 2.18. The average Bonchev–Trinajstić information content (AvgIpc) is 2.64. The van der Waals surface area contributed by atoms with Crippen LogP contribution in [0.4, 0.5) is 4.39 Å². The first-order chi connectivity index (χ1) is 12.0. The summed E-state index contributed by atoms with van der Waals surface area (Å²) in [5.74, 6) is 0.973. The molecule has 138 valence electrons. The number of nitrogens with zero attached hydrogens (tertiary/aromatic N) is 2. The van der Waals surface area contributed by atoms with Gasteiger partial charge in [-0.25, -0.2) is 4.39 Å². The third kappa shape index (κ3) is 5.62. The fourth-order valence-electron chi connectivity index (χ4n) is 2.85. The van der Waals surface area contributed by atoms with E-state index in [1.807, 2.05) is 6.92 Å². The van der Waals surface area contributed by atoms with Crippen LogP contribution in [0.25, 0.3) is 0 Å². The molecule has 2 rings (SSSR count). The van der Waals surface area contributed by atoms with Gasteiger partial charge in [-0.1, -0.05) is 0 Å². The minimum atomic E-state index is -0.283. The fraction of sp³-hybridized carbons (Fsp3) is 0.556. The van der Waals surface area contributed by atoms with E-state index in [0.29, 0.717) is 12.3 Å². The lowest BCUT2D eigenvalue weighted by Crippen LogP contribution is -2.48. The summed E-state index contributed by atoms with van der Waals surface area (Å²) in [4.78, 5) is 18.0. The van der Waals surface area contributed by atoms with Crippen molar-refractivity contribution in [2.75, 3.05) is 33.8 Å². The molecule has 0 aromatic heterocycles. The molecule has 0 radical (unpaired) electrons. The number of piperidine rings is 1. The van der Waals surface area contributed by atoms with Crippen molar-refractivity contribution in [2.45, 2.75) is 25.9 Å². The quantitative estimate of drug-likeness (QED) is 0.500. The molecule has 1 N–H and O–H groups in total. The highest BCUT2D eigenvalue weighted by atomic mass is 19.1. The van der Waals surface area contributed by atoms with Gasteiger partial charge in [0.15, 0.2) is 5.96 Å². The lowest BCUT2D eigenvalue weighted by molar-refractivity contribution is -0.146. The van der Waals surface area contributed by atoms with Crippen molar-refractivity contribution < 1.29 is 18.7 Å². The van der Waals surface area contributed by atoms with E-state index in [1.165, 1.54) is 19.2 Å². The number of esters is 1. The molecule has 1 unspecified atom stereocenters. The predicted molar refractivity (Wildman–Crippen MR) is 94.2 cm³/mol. The number of likely N-dealkylation sites (tertiary alicyclic amines) is 1. The number of guanidine groups is 1. The first-order valence-corrected chi connectivity index (χ1v) is 8.49. The molecule has 0 saturated carbocycles. The summed E-state index contributed by atoms with van der Waals surface area (Å²) in [7, 11) is 3.16. The third-order valence-corrected chi connectivity index (χ3v) is 4.24. The maximum Gasteiger partial charge on any atom is 0.308 e. The molecule has 1 atom stereocenters. The van der Waals surface area contributed by atoms with E-state index < -0.39 is 0 Å². The van der Waals surface area contributed by atoms with E-state index in [-0.39, 0.29) is 23.8 Å². The van der Waals surface area contributed by atoms with Crippen molar-refractivity contribution in [3.05, 3.63) is 30.1 Å². The van der Waals surface area contributed by atoms with E-state index in [9.17, 15) is 9.18 Å². The number of ether oxygens (including phenoxy) is 2. The Morgan fingerprint density at radius 1 is 1.36 bits per heavy atom. The number of aliphatic imine (C=N–C) groups is 1. The first-order valence-electron chi connectivity index (χ1n) is 8.49. The van der Waals surface area contributed by atoms with Crippen molar-refractivity contribution in [3.63, 3.8) is 0 Å². The SMILES string of the molecule is CN=C(NCC(C)Oc1ccc(F)cc1)N1CCC(C(=O)OC)CC1. The number of nitrogens with one attached hydrogen (secondary N) is 1. The van der Waals surface area contributed by atoms with E-state index in [4.69, 9.17) is 9.47 Å². The van der Waals surface area contributed by atoms with Crippen LogP contribution in [0.2, 0.25) is 0 Å². The summed E-state index contributed by atoms with van der Waals surface area (Å²) in [5, 5.41) is 3.29. The topological polar surface area (TPSA) is 63.2 Å². The number of rotatable bonds is 5. The standard InChI is InChI=1S/C18H26FN3O3/c1-13(25-16-6-4-15(19)5-7-16)12-21-18(20-2)22-10-8-14(9-11-22)17(23)24-3/h4-7,13-14H,8-12H2,1-3H3,(H,20,21). The zero-order chi connectivity index (χ0) is 18.2. The van der Waals surface area contributed by atoms with E-state index in [2.05, 4.69) is 15.2 Å². The van der Waals surface area contributed by atoms with Crippen molar-refractivity contribution >= 4 is 11.9 Å². The molecule has 1 heterocycles. The third-order valence-electron chi connectivity index (χ3n) is 4.24.